The summed E-state index contributed by atoms with van der Waals surface area (Å²) >= 11 is 3.43. The molecule has 1 heterocycles. The number of phenolic OH excluding ortho intramolecular Hbond substituents is 1. The summed E-state index contributed by atoms with van der Waals surface area (Å²) in [4.78, 5) is 0. The lowest BCUT2D eigenvalue weighted by atomic mass is 10.2. The average Bonchev–Trinajstić information content (AvgIpc) is 2.74. The topological polar surface area (TPSA) is 38.1 Å². The van der Waals surface area contributed by atoms with Gasteiger partial charge in [0.25, 0.3) is 0 Å². The van der Waals surface area contributed by atoms with Crippen LogP contribution in [0.25, 0.3) is 16.6 Å². The summed E-state index contributed by atoms with van der Waals surface area (Å²) in [6.07, 6.45) is 1.75. The zero-order valence-corrected chi connectivity index (χ0v) is 10.4. The standard InChI is InChI=1S/C13H9BrN2O/c14-10-4-2-5-11(7-10)16-13-9(8-15-16)3-1-6-12(13)17/h1-8,17H. The molecule has 0 aliphatic heterocycles. The lowest BCUT2D eigenvalue weighted by molar-refractivity contribution is 0.479. The van der Waals surface area contributed by atoms with Crippen LogP contribution in [-0.4, -0.2) is 14.9 Å². The van der Waals surface area contributed by atoms with E-state index < -0.39 is 0 Å². The van der Waals surface area contributed by atoms with Crippen LogP contribution in [0.4, 0.5) is 0 Å². The molecule has 0 bridgehead atoms. The molecule has 0 spiro atoms. The maximum atomic E-state index is 9.90. The van der Waals surface area contributed by atoms with Crippen LogP contribution in [0, 0.1) is 0 Å². The van der Waals surface area contributed by atoms with Crippen LogP contribution >= 0.6 is 15.9 Å². The highest BCUT2D eigenvalue weighted by atomic mass is 79.9. The van der Waals surface area contributed by atoms with Gasteiger partial charge in [0.1, 0.15) is 11.3 Å². The number of aromatic hydroxyl groups is 1. The van der Waals surface area contributed by atoms with Gasteiger partial charge in [0, 0.05) is 9.86 Å². The molecule has 0 radical (unpaired) electrons. The number of benzene rings is 2. The molecule has 0 aliphatic rings. The second kappa shape index (κ2) is 3.89. The third-order valence-electron chi connectivity index (χ3n) is 2.62. The number of fused-ring (bicyclic) bond motifs is 1. The van der Waals surface area contributed by atoms with Gasteiger partial charge in [-0.25, -0.2) is 4.68 Å². The highest BCUT2D eigenvalue weighted by Crippen LogP contribution is 2.27. The van der Waals surface area contributed by atoms with Crippen LogP contribution in [0.5, 0.6) is 5.75 Å². The van der Waals surface area contributed by atoms with Gasteiger partial charge in [-0.05, 0) is 24.3 Å². The van der Waals surface area contributed by atoms with Gasteiger partial charge in [-0.3, -0.25) is 0 Å². The Morgan fingerprint density at radius 3 is 2.76 bits per heavy atom. The number of phenols is 1. The molecule has 0 fully saturated rings. The quantitative estimate of drug-likeness (QED) is 0.744. The Hall–Kier alpha value is -1.81. The van der Waals surface area contributed by atoms with Gasteiger partial charge >= 0.3 is 0 Å². The van der Waals surface area contributed by atoms with E-state index >= 15 is 0 Å². The number of rotatable bonds is 1. The molecule has 0 unspecified atom stereocenters. The number of aromatic nitrogens is 2. The van der Waals surface area contributed by atoms with Gasteiger partial charge in [-0.1, -0.05) is 34.1 Å². The molecule has 2 aromatic carbocycles. The minimum Gasteiger partial charge on any atom is -0.506 e. The molecule has 3 nitrogen and oxygen atoms in total. The van der Waals surface area contributed by atoms with Crippen molar-refractivity contribution in [2.45, 2.75) is 0 Å². The maximum Gasteiger partial charge on any atom is 0.141 e. The zero-order valence-electron chi connectivity index (χ0n) is 8.84. The molecule has 3 rings (SSSR count). The number of halogens is 1. The molecule has 1 N–H and O–H groups in total. The number of para-hydroxylation sites is 1. The molecule has 0 amide bonds. The first-order chi connectivity index (χ1) is 8.25. The molecular weight excluding hydrogens is 280 g/mol. The van der Waals surface area contributed by atoms with E-state index in [1.54, 1.807) is 16.9 Å². The second-order valence-corrected chi connectivity index (χ2v) is 4.67. The third-order valence-corrected chi connectivity index (χ3v) is 3.12. The van der Waals surface area contributed by atoms with E-state index in [4.69, 9.17) is 0 Å². The predicted molar refractivity (Wildman–Crippen MR) is 70.4 cm³/mol. The number of nitrogens with zero attached hydrogens (tertiary/aromatic N) is 2. The van der Waals surface area contributed by atoms with Gasteiger partial charge < -0.3 is 5.11 Å². The lowest BCUT2D eigenvalue weighted by Gasteiger charge is -2.05. The minimum absolute atomic E-state index is 0.236. The first kappa shape index (κ1) is 10.4. The SMILES string of the molecule is Oc1cccc2cnn(-c3cccc(Br)c3)c12. The first-order valence-corrected chi connectivity index (χ1v) is 5.97. The van der Waals surface area contributed by atoms with Crippen molar-refractivity contribution >= 4 is 26.8 Å². The summed E-state index contributed by atoms with van der Waals surface area (Å²) in [6, 6.07) is 13.2. The van der Waals surface area contributed by atoms with Gasteiger partial charge in [-0.15, -0.1) is 0 Å². The van der Waals surface area contributed by atoms with Crippen LogP contribution in [0.2, 0.25) is 0 Å². The van der Waals surface area contributed by atoms with E-state index in [1.165, 1.54) is 0 Å². The van der Waals surface area contributed by atoms with E-state index in [1.807, 2.05) is 36.4 Å². The fourth-order valence-corrected chi connectivity index (χ4v) is 2.25. The average molecular weight is 289 g/mol. The minimum atomic E-state index is 0.236. The normalized spacial score (nSPS) is 10.9. The number of hydrogen-bond acceptors (Lipinski definition) is 2. The van der Waals surface area contributed by atoms with Crippen molar-refractivity contribution in [2.75, 3.05) is 0 Å². The molecule has 3 aromatic rings. The molecular formula is C13H9BrN2O. The summed E-state index contributed by atoms with van der Waals surface area (Å²) in [5.41, 5.74) is 1.64. The number of hydrogen-bond donors (Lipinski definition) is 1. The van der Waals surface area contributed by atoms with E-state index in [-0.39, 0.29) is 5.75 Å². The second-order valence-electron chi connectivity index (χ2n) is 3.75. The van der Waals surface area contributed by atoms with Crippen molar-refractivity contribution in [3.05, 3.63) is 53.1 Å². The molecule has 4 heteroatoms. The highest BCUT2D eigenvalue weighted by molar-refractivity contribution is 9.10. The highest BCUT2D eigenvalue weighted by Gasteiger charge is 2.08. The van der Waals surface area contributed by atoms with Gasteiger partial charge in [0.05, 0.1) is 11.9 Å². The van der Waals surface area contributed by atoms with E-state index in [0.717, 1.165) is 21.1 Å². The van der Waals surface area contributed by atoms with Crippen LogP contribution < -0.4 is 0 Å². The molecule has 0 atom stereocenters. The van der Waals surface area contributed by atoms with Crippen LogP contribution in [0.1, 0.15) is 0 Å². The molecule has 17 heavy (non-hydrogen) atoms. The monoisotopic (exact) mass is 288 g/mol. The van der Waals surface area contributed by atoms with Crippen molar-refractivity contribution in [3.63, 3.8) is 0 Å². The van der Waals surface area contributed by atoms with Crippen molar-refractivity contribution in [2.24, 2.45) is 0 Å². The first-order valence-electron chi connectivity index (χ1n) is 5.17. The summed E-state index contributed by atoms with van der Waals surface area (Å²) in [7, 11) is 0. The van der Waals surface area contributed by atoms with Crippen LogP contribution in [-0.2, 0) is 0 Å². The van der Waals surface area contributed by atoms with Crippen LogP contribution in [0.3, 0.4) is 0 Å². The summed E-state index contributed by atoms with van der Waals surface area (Å²) in [5.74, 6) is 0.236. The summed E-state index contributed by atoms with van der Waals surface area (Å²) < 4.78 is 2.71. The largest absolute Gasteiger partial charge is 0.506 e. The van der Waals surface area contributed by atoms with Gasteiger partial charge in [-0.2, -0.15) is 5.10 Å². The van der Waals surface area contributed by atoms with Crippen molar-refractivity contribution in [1.82, 2.24) is 9.78 Å². The Balaban J connectivity index is 2.31. The molecule has 0 saturated heterocycles. The smallest absolute Gasteiger partial charge is 0.141 e. The van der Waals surface area contributed by atoms with Gasteiger partial charge in [0.15, 0.2) is 0 Å². The Kier molecular flexibility index (Phi) is 2.37. The van der Waals surface area contributed by atoms with Gasteiger partial charge in [0.2, 0.25) is 0 Å². The van der Waals surface area contributed by atoms with E-state index in [9.17, 15) is 5.11 Å². The predicted octanol–water partition coefficient (Wildman–Crippen LogP) is 3.49. The molecule has 0 saturated carbocycles. The maximum absolute atomic E-state index is 9.90. The Morgan fingerprint density at radius 1 is 1.12 bits per heavy atom. The molecule has 84 valence electrons. The van der Waals surface area contributed by atoms with Crippen LogP contribution in [0.15, 0.2) is 53.1 Å². The summed E-state index contributed by atoms with van der Waals surface area (Å²) in [5, 5.41) is 15.1. The molecule has 1 aromatic heterocycles. The zero-order chi connectivity index (χ0) is 11.8. The Morgan fingerprint density at radius 2 is 1.94 bits per heavy atom. The van der Waals surface area contributed by atoms with E-state index in [0.29, 0.717) is 0 Å². The molecule has 0 aliphatic carbocycles. The fourth-order valence-electron chi connectivity index (χ4n) is 1.86. The lowest BCUT2D eigenvalue weighted by Crippen LogP contribution is -1.95. The van der Waals surface area contributed by atoms with Crippen molar-refractivity contribution in [3.8, 4) is 11.4 Å². The fraction of sp³-hybridized carbons (Fsp3) is 0. The van der Waals surface area contributed by atoms with Crippen molar-refractivity contribution in [1.29, 1.82) is 0 Å². The van der Waals surface area contributed by atoms with E-state index in [2.05, 4.69) is 21.0 Å². The van der Waals surface area contributed by atoms with Crippen molar-refractivity contribution < 1.29 is 5.11 Å². The third kappa shape index (κ3) is 1.70. The summed E-state index contributed by atoms with van der Waals surface area (Å²) in [6.45, 7) is 0. The Labute approximate surface area is 106 Å². The Bertz CT molecular complexity index is 691.